The maximum absolute atomic E-state index is 10.8. The molecule has 1 rings (SSSR count). The van der Waals surface area contributed by atoms with Crippen LogP contribution in [0.15, 0.2) is 6.20 Å². The summed E-state index contributed by atoms with van der Waals surface area (Å²) in [5, 5.41) is 8.86. The zero-order valence-corrected chi connectivity index (χ0v) is 9.02. The number of carboxylic acids is 1. The second kappa shape index (κ2) is 4.84. The molecule has 0 bridgehead atoms. The second-order valence-corrected chi connectivity index (χ2v) is 3.37. The summed E-state index contributed by atoms with van der Waals surface area (Å²) in [6.45, 7) is 3.55. The summed E-state index contributed by atoms with van der Waals surface area (Å²) in [4.78, 5) is 18.8. The Morgan fingerprint density at radius 2 is 2.33 bits per heavy atom. The topological polar surface area (TPSA) is 72.3 Å². The van der Waals surface area contributed by atoms with Gasteiger partial charge in [0.05, 0.1) is 6.10 Å². The molecule has 5 heteroatoms. The highest BCUT2D eigenvalue weighted by molar-refractivity contribution is 5.86. The molecule has 5 nitrogen and oxygen atoms in total. The SMILES string of the molecule is COC(C)Cc1ncc(C)c(C(=O)O)n1. The zero-order valence-electron chi connectivity index (χ0n) is 9.02. The summed E-state index contributed by atoms with van der Waals surface area (Å²) in [5.74, 6) is -0.534. The minimum absolute atomic E-state index is 0.0191. The van der Waals surface area contributed by atoms with Gasteiger partial charge >= 0.3 is 5.97 Å². The van der Waals surface area contributed by atoms with Crippen LogP contribution in [0.5, 0.6) is 0 Å². The fourth-order valence-electron chi connectivity index (χ4n) is 1.13. The van der Waals surface area contributed by atoms with Crippen LogP contribution in [0.4, 0.5) is 0 Å². The third-order valence-electron chi connectivity index (χ3n) is 2.10. The van der Waals surface area contributed by atoms with Crippen molar-refractivity contribution in [3.63, 3.8) is 0 Å². The summed E-state index contributed by atoms with van der Waals surface area (Å²) in [5.41, 5.74) is 0.625. The van der Waals surface area contributed by atoms with E-state index in [1.807, 2.05) is 6.92 Å². The number of rotatable bonds is 4. The van der Waals surface area contributed by atoms with Crippen molar-refractivity contribution in [3.8, 4) is 0 Å². The Hall–Kier alpha value is -1.49. The monoisotopic (exact) mass is 210 g/mol. The normalized spacial score (nSPS) is 12.5. The van der Waals surface area contributed by atoms with Crippen LogP contribution in [0.3, 0.4) is 0 Å². The number of methoxy groups -OCH3 is 1. The Morgan fingerprint density at radius 1 is 1.67 bits per heavy atom. The number of aromatic nitrogens is 2. The number of carboxylic acid groups (broad SMARTS) is 1. The Balaban J connectivity index is 2.92. The molecule has 1 N–H and O–H groups in total. The van der Waals surface area contributed by atoms with E-state index in [9.17, 15) is 4.79 Å². The Labute approximate surface area is 88.1 Å². The van der Waals surface area contributed by atoms with E-state index >= 15 is 0 Å². The lowest BCUT2D eigenvalue weighted by molar-refractivity contribution is 0.0688. The quantitative estimate of drug-likeness (QED) is 0.804. The first-order valence-corrected chi connectivity index (χ1v) is 4.63. The predicted molar refractivity (Wildman–Crippen MR) is 53.9 cm³/mol. The van der Waals surface area contributed by atoms with Gasteiger partial charge in [0, 0.05) is 25.3 Å². The molecule has 82 valence electrons. The van der Waals surface area contributed by atoms with Crippen molar-refractivity contribution >= 4 is 5.97 Å². The molecule has 0 aromatic carbocycles. The molecule has 0 saturated heterocycles. The van der Waals surface area contributed by atoms with Gasteiger partial charge in [0.15, 0.2) is 5.69 Å². The largest absolute Gasteiger partial charge is 0.477 e. The minimum Gasteiger partial charge on any atom is -0.477 e. The van der Waals surface area contributed by atoms with E-state index in [2.05, 4.69) is 9.97 Å². The van der Waals surface area contributed by atoms with E-state index in [1.54, 1.807) is 14.0 Å². The standard InChI is InChI=1S/C10H14N2O3/c1-6-5-11-8(4-7(2)15-3)12-9(6)10(13)14/h5,7H,4H2,1-3H3,(H,13,14). The molecule has 1 aromatic heterocycles. The molecule has 0 fully saturated rings. The van der Waals surface area contributed by atoms with Crippen molar-refractivity contribution in [1.29, 1.82) is 0 Å². The lowest BCUT2D eigenvalue weighted by Gasteiger charge is -2.08. The van der Waals surface area contributed by atoms with Gasteiger partial charge in [-0.15, -0.1) is 0 Å². The zero-order chi connectivity index (χ0) is 11.4. The van der Waals surface area contributed by atoms with E-state index in [1.165, 1.54) is 6.20 Å². The minimum atomic E-state index is -1.03. The highest BCUT2D eigenvalue weighted by Crippen LogP contribution is 2.06. The summed E-state index contributed by atoms with van der Waals surface area (Å²) in [6.07, 6.45) is 2.01. The van der Waals surface area contributed by atoms with Gasteiger partial charge in [0.25, 0.3) is 0 Å². The number of nitrogens with zero attached hydrogens (tertiary/aromatic N) is 2. The highest BCUT2D eigenvalue weighted by atomic mass is 16.5. The van der Waals surface area contributed by atoms with Crippen molar-refractivity contribution in [2.75, 3.05) is 7.11 Å². The first-order valence-electron chi connectivity index (χ1n) is 4.63. The van der Waals surface area contributed by atoms with Crippen molar-refractivity contribution < 1.29 is 14.6 Å². The number of hydrogen-bond donors (Lipinski definition) is 1. The number of aromatic carboxylic acids is 1. The van der Waals surface area contributed by atoms with Gasteiger partial charge in [0.1, 0.15) is 5.82 Å². The Morgan fingerprint density at radius 3 is 2.87 bits per heavy atom. The van der Waals surface area contributed by atoms with Gasteiger partial charge in [-0.2, -0.15) is 0 Å². The van der Waals surface area contributed by atoms with Crippen LogP contribution < -0.4 is 0 Å². The molecule has 1 heterocycles. The second-order valence-electron chi connectivity index (χ2n) is 3.37. The van der Waals surface area contributed by atoms with Gasteiger partial charge in [-0.05, 0) is 13.8 Å². The van der Waals surface area contributed by atoms with Gasteiger partial charge < -0.3 is 9.84 Å². The maximum atomic E-state index is 10.8. The summed E-state index contributed by atoms with van der Waals surface area (Å²) >= 11 is 0. The number of aryl methyl sites for hydroxylation is 1. The third kappa shape index (κ3) is 2.99. The predicted octanol–water partition coefficient (Wildman–Crippen LogP) is 1.06. The molecule has 0 spiro atoms. The van der Waals surface area contributed by atoms with E-state index in [-0.39, 0.29) is 11.8 Å². The lowest BCUT2D eigenvalue weighted by Crippen LogP contribution is -2.14. The summed E-state index contributed by atoms with van der Waals surface area (Å²) in [7, 11) is 1.59. The molecule has 1 unspecified atom stereocenters. The highest BCUT2D eigenvalue weighted by Gasteiger charge is 2.12. The number of carbonyl (C=O) groups is 1. The van der Waals surface area contributed by atoms with Crippen LogP contribution in [-0.4, -0.2) is 34.3 Å². The fraction of sp³-hybridized carbons (Fsp3) is 0.500. The summed E-state index contributed by atoms with van der Waals surface area (Å²) in [6, 6.07) is 0. The van der Waals surface area contributed by atoms with Crippen LogP contribution in [0, 0.1) is 6.92 Å². The van der Waals surface area contributed by atoms with E-state index in [4.69, 9.17) is 9.84 Å². The van der Waals surface area contributed by atoms with E-state index in [0.717, 1.165) is 0 Å². The molecule has 0 amide bonds. The molecule has 0 radical (unpaired) electrons. The van der Waals surface area contributed by atoms with Crippen LogP contribution >= 0.6 is 0 Å². The Kier molecular flexibility index (Phi) is 3.74. The van der Waals surface area contributed by atoms with E-state index in [0.29, 0.717) is 17.8 Å². The molecule has 0 aliphatic carbocycles. The van der Waals surface area contributed by atoms with E-state index < -0.39 is 5.97 Å². The van der Waals surface area contributed by atoms with Gasteiger partial charge in [-0.25, -0.2) is 14.8 Å². The van der Waals surface area contributed by atoms with Crippen molar-refractivity contribution in [2.45, 2.75) is 26.4 Å². The molecular formula is C10H14N2O3. The van der Waals surface area contributed by atoms with Crippen molar-refractivity contribution in [2.24, 2.45) is 0 Å². The molecule has 1 aromatic rings. The molecule has 0 aliphatic heterocycles. The molecule has 0 aliphatic rings. The third-order valence-corrected chi connectivity index (χ3v) is 2.10. The van der Waals surface area contributed by atoms with Gasteiger partial charge in [-0.3, -0.25) is 0 Å². The number of ether oxygens (including phenoxy) is 1. The van der Waals surface area contributed by atoms with Gasteiger partial charge in [-0.1, -0.05) is 0 Å². The van der Waals surface area contributed by atoms with Gasteiger partial charge in [0.2, 0.25) is 0 Å². The molecule has 1 atom stereocenters. The number of hydrogen-bond acceptors (Lipinski definition) is 4. The first kappa shape index (κ1) is 11.6. The van der Waals surface area contributed by atoms with Crippen LogP contribution in [-0.2, 0) is 11.2 Å². The summed E-state index contributed by atoms with van der Waals surface area (Å²) < 4.78 is 5.06. The van der Waals surface area contributed by atoms with Crippen LogP contribution in [0.1, 0.15) is 28.8 Å². The van der Waals surface area contributed by atoms with Crippen molar-refractivity contribution in [1.82, 2.24) is 9.97 Å². The fourth-order valence-corrected chi connectivity index (χ4v) is 1.13. The molecular weight excluding hydrogens is 196 g/mol. The average molecular weight is 210 g/mol. The average Bonchev–Trinajstić information content (AvgIpc) is 2.20. The van der Waals surface area contributed by atoms with Crippen LogP contribution in [0.2, 0.25) is 0 Å². The van der Waals surface area contributed by atoms with Crippen LogP contribution in [0.25, 0.3) is 0 Å². The first-order chi connectivity index (χ1) is 7.04. The lowest BCUT2D eigenvalue weighted by atomic mass is 10.2. The molecule has 15 heavy (non-hydrogen) atoms. The van der Waals surface area contributed by atoms with Crippen molar-refractivity contribution in [3.05, 3.63) is 23.3 Å². The maximum Gasteiger partial charge on any atom is 0.354 e. The molecule has 0 saturated carbocycles. The smallest absolute Gasteiger partial charge is 0.354 e. The Bertz CT molecular complexity index is 366.